The van der Waals surface area contributed by atoms with Crippen molar-refractivity contribution in [1.82, 2.24) is 0 Å². The van der Waals surface area contributed by atoms with Gasteiger partial charge in [-0.1, -0.05) is 0 Å². The highest BCUT2D eigenvalue weighted by molar-refractivity contribution is 5.75. The number of hydrogen-bond donors (Lipinski definition) is 1. The second-order valence-corrected chi connectivity index (χ2v) is 4.44. The molecule has 6 heteroatoms. The second-order valence-electron chi connectivity index (χ2n) is 4.44. The van der Waals surface area contributed by atoms with E-state index in [2.05, 4.69) is 4.74 Å². The van der Waals surface area contributed by atoms with E-state index < -0.39 is 12.0 Å². The van der Waals surface area contributed by atoms with Gasteiger partial charge >= 0.3 is 5.97 Å². The van der Waals surface area contributed by atoms with Crippen molar-refractivity contribution in [3.05, 3.63) is 53.7 Å². The summed E-state index contributed by atoms with van der Waals surface area (Å²) in [4.78, 5) is 11.2. The summed E-state index contributed by atoms with van der Waals surface area (Å²) in [6.07, 6.45) is 0.253. The van der Waals surface area contributed by atoms with Crippen molar-refractivity contribution in [2.75, 3.05) is 7.11 Å². The summed E-state index contributed by atoms with van der Waals surface area (Å²) in [7, 11) is 1.28. The number of halogens is 1. The Balaban J connectivity index is 1.88. The van der Waals surface area contributed by atoms with Gasteiger partial charge in [0, 0.05) is 6.42 Å². The predicted octanol–water partition coefficient (Wildman–Crippen LogP) is 2.04. The molecular weight excluding hydrogens is 277 g/mol. The molecule has 0 saturated carbocycles. The normalized spacial score (nSPS) is 12.0. The Labute approximate surface area is 121 Å². The van der Waals surface area contributed by atoms with Gasteiger partial charge in [-0.3, -0.25) is 4.79 Å². The van der Waals surface area contributed by atoms with E-state index in [4.69, 9.17) is 14.9 Å². The maximum atomic E-state index is 12.7. The molecule has 1 aromatic carbocycles. The van der Waals surface area contributed by atoms with E-state index in [9.17, 15) is 9.18 Å². The Kier molecular flexibility index (Phi) is 4.94. The molecule has 1 unspecified atom stereocenters. The van der Waals surface area contributed by atoms with Gasteiger partial charge < -0.3 is 19.6 Å². The third-order valence-corrected chi connectivity index (χ3v) is 2.84. The Hall–Kier alpha value is -2.34. The molecule has 0 fully saturated rings. The number of esters is 1. The zero-order valence-electron chi connectivity index (χ0n) is 11.5. The Morgan fingerprint density at radius 1 is 1.24 bits per heavy atom. The fourth-order valence-corrected chi connectivity index (χ4v) is 1.75. The summed E-state index contributed by atoms with van der Waals surface area (Å²) in [5.41, 5.74) is 5.65. The average Bonchev–Trinajstić information content (AvgIpc) is 2.93. The summed E-state index contributed by atoms with van der Waals surface area (Å²) in [6.45, 7) is 0.207. The van der Waals surface area contributed by atoms with E-state index in [1.807, 2.05) is 0 Å². The molecule has 0 aliphatic carbocycles. The molecule has 2 aromatic rings. The van der Waals surface area contributed by atoms with Crippen molar-refractivity contribution in [3.8, 4) is 5.75 Å². The molecule has 21 heavy (non-hydrogen) atoms. The summed E-state index contributed by atoms with van der Waals surface area (Å²) in [5.74, 6) is 0.896. The first-order valence-corrected chi connectivity index (χ1v) is 6.38. The zero-order chi connectivity index (χ0) is 15.2. The van der Waals surface area contributed by atoms with E-state index in [1.54, 1.807) is 12.1 Å². The minimum atomic E-state index is -0.757. The van der Waals surface area contributed by atoms with E-state index in [-0.39, 0.29) is 18.8 Å². The molecule has 0 radical (unpaired) electrons. The van der Waals surface area contributed by atoms with Crippen LogP contribution < -0.4 is 10.5 Å². The number of benzene rings is 1. The van der Waals surface area contributed by atoms with Crippen LogP contribution >= 0.6 is 0 Å². The van der Waals surface area contributed by atoms with Crippen LogP contribution in [0.5, 0.6) is 5.75 Å². The van der Waals surface area contributed by atoms with Gasteiger partial charge in [-0.25, -0.2) is 4.39 Å². The molecule has 112 valence electrons. The lowest BCUT2D eigenvalue weighted by atomic mass is 10.2. The van der Waals surface area contributed by atoms with Gasteiger partial charge in [0.25, 0.3) is 0 Å². The number of carbonyl (C=O) groups excluding carboxylic acids is 1. The molecule has 0 aliphatic rings. The predicted molar refractivity (Wildman–Crippen MR) is 73.1 cm³/mol. The third-order valence-electron chi connectivity index (χ3n) is 2.84. The highest BCUT2D eigenvalue weighted by atomic mass is 19.1. The van der Waals surface area contributed by atoms with Gasteiger partial charge in [-0.05, 0) is 36.4 Å². The molecule has 1 aromatic heterocycles. The summed E-state index contributed by atoms with van der Waals surface area (Å²) < 4.78 is 28.2. The first-order valence-electron chi connectivity index (χ1n) is 6.38. The van der Waals surface area contributed by atoms with E-state index >= 15 is 0 Å². The van der Waals surface area contributed by atoms with Gasteiger partial charge in [0.2, 0.25) is 0 Å². The number of nitrogens with two attached hydrogens (primary N) is 1. The summed E-state index contributed by atoms with van der Waals surface area (Å²) >= 11 is 0. The van der Waals surface area contributed by atoms with Crippen LogP contribution in [0.4, 0.5) is 4.39 Å². The minimum Gasteiger partial charge on any atom is -0.486 e. The van der Waals surface area contributed by atoms with Crippen molar-refractivity contribution in [3.63, 3.8) is 0 Å². The molecule has 2 rings (SSSR count). The van der Waals surface area contributed by atoms with E-state index in [0.29, 0.717) is 17.3 Å². The molecule has 5 nitrogen and oxygen atoms in total. The van der Waals surface area contributed by atoms with Gasteiger partial charge in [-0.2, -0.15) is 0 Å². The maximum absolute atomic E-state index is 12.7. The van der Waals surface area contributed by atoms with Crippen LogP contribution in [0.1, 0.15) is 11.5 Å². The first kappa shape index (κ1) is 15.1. The molecule has 2 N–H and O–H groups in total. The van der Waals surface area contributed by atoms with E-state index in [0.717, 1.165) is 0 Å². The number of rotatable bonds is 6. The SMILES string of the molecule is COC(=O)C(N)Cc1ccc(COc2ccc(F)cc2)o1. The third kappa shape index (κ3) is 4.32. The Bertz CT molecular complexity index is 594. The lowest BCUT2D eigenvalue weighted by Gasteiger charge is -2.07. The highest BCUT2D eigenvalue weighted by Crippen LogP contribution is 2.15. The average molecular weight is 293 g/mol. The summed E-state index contributed by atoms with van der Waals surface area (Å²) in [6, 6.07) is 8.41. The standard InChI is InChI=1S/C15H16FNO4/c1-19-15(18)14(17)8-12-6-7-13(21-12)9-20-11-4-2-10(16)3-5-11/h2-7,14H,8-9,17H2,1H3. The van der Waals surface area contributed by atoms with Gasteiger partial charge in [-0.15, -0.1) is 0 Å². The van der Waals surface area contributed by atoms with Crippen molar-refractivity contribution < 1.29 is 23.1 Å². The second kappa shape index (κ2) is 6.90. The van der Waals surface area contributed by atoms with Crippen LogP contribution in [0.15, 0.2) is 40.8 Å². The molecule has 1 atom stereocenters. The fraction of sp³-hybridized carbons (Fsp3) is 0.267. The molecule has 0 saturated heterocycles. The monoisotopic (exact) mass is 293 g/mol. The van der Waals surface area contributed by atoms with Crippen LogP contribution in [-0.2, 0) is 22.6 Å². The number of ether oxygens (including phenoxy) is 2. The van der Waals surface area contributed by atoms with Crippen molar-refractivity contribution in [1.29, 1.82) is 0 Å². The molecule has 0 bridgehead atoms. The van der Waals surface area contributed by atoms with Crippen LogP contribution in [-0.4, -0.2) is 19.1 Å². The lowest BCUT2D eigenvalue weighted by molar-refractivity contribution is -0.142. The molecule has 1 heterocycles. The minimum absolute atomic E-state index is 0.207. The first-order chi connectivity index (χ1) is 10.1. The van der Waals surface area contributed by atoms with Crippen molar-refractivity contribution >= 4 is 5.97 Å². The van der Waals surface area contributed by atoms with Gasteiger partial charge in [0.15, 0.2) is 0 Å². The smallest absolute Gasteiger partial charge is 0.323 e. The number of methoxy groups -OCH3 is 1. The quantitative estimate of drug-likeness (QED) is 0.825. The van der Waals surface area contributed by atoms with Crippen LogP contribution in [0.25, 0.3) is 0 Å². The number of carbonyl (C=O) groups is 1. The zero-order valence-corrected chi connectivity index (χ0v) is 11.5. The molecular formula is C15H16FNO4. The lowest BCUT2D eigenvalue weighted by Crippen LogP contribution is -2.33. The van der Waals surface area contributed by atoms with Crippen LogP contribution in [0.3, 0.4) is 0 Å². The van der Waals surface area contributed by atoms with Crippen LogP contribution in [0.2, 0.25) is 0 Å². The van der Waals surface area contributed by atoms with Crippen molar-refractivity contribution in [2.24, 2.45) is 5.73 Å². The summed E-state index contributed by atoms with van der Waals surface area (Å²) in [5, 5.41) is 0. The number of furan rings is 1. The van der Waals surface area contributed by atoms with Gasteiger partial charge in [0.05, 0.1) is 7.11 Å². The highest BCUT2D eigenvalue weighted by Gasteiger charge is 2.16. The van der Waals surface area contributed by atoms with Gasteiger partial charge in [0.1, 0.15) is 35.7 Å². The fourth-order valence-electron chi connectivity index (χ4n) is 1.75. The van der Waals surface area contributed by atoms with Crippen LogP contribution in [0, 0.1) is 5.82 Å². The molecule has 0 aliphatic heterocycles. The number of hydrogen-bond acceptors (Lipinski definition) is 5. The molecule has 0 spiro atoms. The topological polar surface area (TPSA) is 74.7 Å². The largest absolute Gasteiger partial charge is 0.486 e. The van der Waals surface area contributed by atoms with Crippen molar-refractivity contribution in [2.45, 2.75) is 19.1 Å². The maximum Gasteiger partial charge on any atom is 0.323 e. The Morgan fingerprint density at radius 2 is 1.90 bits per heavy atom. The molecule has 0 amide bonds. The Morgan fingerprint density at radius 3 is 2.57 bits per heavy atom. The van der Waals surface area contributed by atoms with E-state index in [1.165, 1.54) is 31.4 Å².